The van der Waals surface area contributed by atoms with Crippen molar-refractivity contribution < 1.29 is 36.3 Å². The Balaban J connectivity index is 0.000000566. The Morgan fingerprint density at radius 1 is 1.05 bits per heavy atom. The fraction of sp³-hybridized carbons (Fsp3) is 0.258. The zero-order valence-corrected chi connectivity index (χ0v) is 24.5. The third-order valence-electron chi connectivity index (χ3n) is 7.00. The van der Waals surface area contributed by atoms with E-state index in [0.29, 0.717) is 29.1 Å². The van der Waals surface area contributed by atoms with Crippen molar-refractivity contribution in [2.24, 2.45) is 0 Å². The number of pyridine rings is 1. The van der Waals surface area contributed by atoms with E-state index in [-0.39, 0.29) is 17.7 Å². The molecule has 232 valence electrons. The molecule has 4 aromatic rings. The van der Waals surface area contributed by atoms with E-state index < -0.39 is 28.0 Å². The van der Waals surface area contributed by atoms with Gasteiger partial charge in [-0.2, -0.15) is 13.2 Å². The van der Waals surface area contributed by atoms with E-state index >= 15 is 0 Å². The SMILES string of the molecule is CCc1cccc(C(Nc2ccc3c(N)nccc3c2)C(=O)NCc2ccccc2S(=O)(=O)C2CC2)c1.O=C(O)C(F)(F)F. The number of fused-ring (bicyclic) bond motifs is 1. The number of alkyl halides is 3. The highest BCUT2D eigenvalue weighted by atomic mass is 32.2. The van der Waals surface area contributed by atoms with Crippen LogP contribution in [0.25, 0.3) is 10.8 Å². The van der Waals surface area contributed by atoms with Crippen molar-refractivity contribution in [3.05, 3.63) is 95.7 Å². The summed E-state index contributed by atoms with van der Waals surface area (Å²) in [6.45, 7) is 2.19. The number of carbonyl (C=O) groups is 2. The molecule has 1 aliphatic rings. The number of nitrogens with two attached hydrogens (primary N) is 1. The summed E-state index contributed by atoms with van der Waals surface area (Å²) < 4.78 is 57.6. The minimum atomic E-state index is -5.08. The molecule has 13 heteroatoms. The van der Waals surface area contributed by atoms with E-state index in [4.69, 9.17) is 15.6 Å². The molecular weight excluding hydrogens is 597 g/mol. The molecule has 1 saturated carbocycles. The van der Waals surface area contributed by atoms with Crippen LogP contribution in [0, 0.1) is 0 Å². The molecule has 1 heterocycles. The maximum atomic E-state index is 13.6. The highest BCUT2D eigenvalue weighted by molar-refractivity contribution is 7.92. The fourth-order valence-corrected chi connectivity index (χ4v) is 6.41. The van der Waals surface area contributed by atoms with Crippen molar-refractivity contribution in [1.29, 1.82) is 0 Å². The standard InChI is InChI=1S/C29H30N4O3S.C2HF3O2/c1-2-19-6-5-8-21(16-19)27(33-23-10-13-25-20(17-23)14-15-31-28(25)30)29(34)32-18-22-7-3-4-9-26(22)37(35,36)24-11-12-24;3-2(4,5)1(6)7/h3-10,13-17,24,27,33H,2,11-12,18H2,1H3,(H2,30,31)(H,32,34);(H,6,7). The quantitative estimate of drug-likeness (QED) is 0.192. The summed E-state index contributed by atoms with van der Waals surface area (Å²) in [5.74, 6) is -2.55. The van der Waals surface area contributed by atoms with Crippen LogP contribution in [0.3, 0.4) is 0 Å². The van der Waals surface area contributed by atoms with Gasteiger partial charge in [0, 0.05) is 23.8 Å². The number of nitrogens with zero attached hydrogens (tertiary/aromatic N) is 1. The molecule has 1 atom stereocenters. The molecule has 0 radical (unpaired) electrons. The lowest BCUT2D eigenvalue weighted by molar-refractivity contribution is -0.192. The van der Waals surface area contributed by atoms with Crippen molar-refractivity contribution in [3.8, 4) is 0 Å². The molecule has 5 N–H and O–H groups in total. The number of benzene rings is 3. The number of rotatable bonds is 9. The molecular formula is C31H31F3N4O5S. The summed E-state index contributed by atoms with van der Waals surface area (Å²) in [6, 6.07) is 21.7. The van der Waals surface area contributed by atoms with Gasteiger partial charge in [-0.05, 0) is 71.7 Å². The molecule has 0 spiro atoms. The summed E-state index contributed by atoms with van der Waals surface area (Å²) in [4.78, 5) is 26.9. The first-order valence-electron chi connectivity index (χ1n) is 13.7. The molecule has 1 amide bonds. The van der Waals surface area contributed by atoms with Crippen molar-refractivity contribution >= 4 is 44.0 Å². The Labute approximate surface area is 252 Å². The lowest BCUT2D eigenvalue weighted by atomic mass is 10.0. The second kappa shape index (κ2) is 13.3. The average molecular weight is 629 g/mol. The third-order valence-corrected chi connectivity index (χ3v) is 9.36. The predicted octanol–water partition coefficient (Wildman–Crippen LogP) is 5.42. The van der Waals surface area contributed by atoms with Gasteiger partial charge in [-0.1, -0.05) is 49.4 Å². The Morgan fingerprint density at radius 3 is 2.41 bits per heavy atom. The summed E-state index contributed by atoms with van der Waals surface area (Å²) >= 11 is 0. The third kappa shape index (κ3) is 7.84. The summed E-state index contributed by atoms with van der Waals surface area (Å²) in [6.07, 6.45) is -1.20. The Hall–Kier alpha value is -4.65. The van der Waals surface area contributed by atoms with E-state index in [1.807, 2.05) is 48.5 Å². The number of halogens is 3. The van der Waals surface area contributed by atoms with Crippen molar-refractivity contribution in [2.75, 3.05) is 11.1 Å². The largest absolute Gasteiger partial charge is 0.490 e. The predicted molar refractivity (Wildman–Crippen MR) is 161 cm³/mol. The van der Waals surface area contributed by atoms with E-state index in [0.717, 1.165) is 34.0 Å². The molecule has 0 saturated heterocycles. The number of nitrogens with one attached hydrogen (secondary N) is 2. The molecule has 3 aromatic carbocycles. The maximum Gasteiger partial charge on any atom is 0.490 e. The molecule has 1 aliphatic carbocycles. The highest BCUT2D eigenvalue weighted by Crippen LogP contribution is 2.35. The number of hydrogen-bond acceptors (Lipinski definition) is 7. The van der Waals surface area contributed by atoms with Crippen molar-refractivity contribution in [3.63, 3.8) is 0 Å². The molecule has 5 rings (SSSR count). The van der Waals surface area contributed by atoms with E-state index in [2.05, 4.69) is 22.5 Å². The smallest absolute Gasteiger partial charge is 0.475 e. The zero-order chi connectivity index (χ0) is 32.1. The van der Waals surface area contributed by atoms with Gasteiger partial charge in [-0.15, -0.1) is 0 Å². The van der Waals surface area contributed by atoms with Crippen LogP contribution in [0.1, 0.15) is 42.5 Å². The lowest BCUT2D eigenvalue weighted by Gasteiger charge is -2.21. The zero-order valence-electron chi connectivity index (χ0n) is 23.6. The number of aromatic nitrogens is 1. The average Bonchev–Trinajstić information content (AvgIpc) is 3.85. The number of carboxylic acid groups (broad SMARTS) is 1. The minimum Gasteiger partial charge on any atom is -0.475 e. The second-order valence-corrected chi connectivity index (χ2v) is 12.4. The summed E-state index contributed by atoms with van der Waals surface area (Å²) in [5.41, 5.74) is 9.30. The Morgan fingerprint density at radius 2 is 1.75 bits per heavy atom. The summed E-state index contributed by atoms with van der Waals surface area (Å²) in [5, 5.41) is 14.9. The molecule has 44 heavy (non-hydrogen) atoms. The van der Waals surface area contributed by atoms with Gasteiger partial charge in [0.25, 0.3) is 0 Å². The van der Waals surface area contributed by atoms with Gasteiger partial charge in [0.1, 0.15) is 11.9 Å². The van der Waals surface area contributed by atoms with E-state index in [1.165, 1.54) is 0 Å². The maximum absolute atomic E-state index is 13.6. The monoisotopic (exact) mass is 628 g/mol. The molecule has 9 nitrogen and oxygen atoms in total. The Bertz CT molecular complexity index is 1780. The number of anilines is 2. The number of aliphatic carboxylic acids is 1. The fourth-order valence-electron chi connectivity index (χ4n) is 4.52. The van der Waals surface area contributed by atoms with Crippen LogP contribution in [0.5, 0.6) is 0 Å². The van der Waals surface area contributed by atoms with Crippen LogP contribution in [0.15, 0.2) is 83.9 Å². The number of hydrogen-bond donors (Lipinski definition) is 4. The molecule has 0 aliphatic heterocycles. The normalized spacial score (nSPS) is 13.8. The minimum absolute atomic E-state index is 0.118. The van der Waals surface area contributed by atoms with Crippen LogP contribution in [0.2, 0.25) is 0 Å². The van der Waals surface area contributed by atoms with Gasteiger partial charge >= 0.3 is 12.1 Å². The topological polar surface area (TPSA) is 151 Å². The van der Waals surface area contributed by atoms with Crippen LogP contribution in [-0.2, 0) is 32.4 Å². The molecule has 1 unspecified atom stereocenters. The molecule has 1 fully saturated rings. The van der Waals surface area contributed by atoms with Crippen molar-refractivity contribution in [2.45, 2.75) is 55.1 Å². The van der Waals surface area contributed by atoms with E-state index in [9.17, 15) is 26.4 Å². The van der Waals surface area contributed by atoms with Crippen LogP contribution >= 0.6 is 0 Å². The number of carbonyl (C=O) groups excluding carboxylic acids is 1. The number of nitrogen functional groups attached to an aromatic ring is 1. The van der Waals surface area contributed by atoms with Crippen molar-refractivity contribution in [1.82, 2.24) is 10.3 Å². The van der Waals surface area contributed by atoms with Gasteiger partial charge in [0.05, 0.1) is 10.1 Å². The van der Waals surface area contributed by atoms with Gasteiger partial charge in [-0.25, -0.2) is 18.2 Å². The first kappa shape index (κ1) is 32.3. The number of aryl methyl sites for hydroxylation is 1. The van der Waals surface area contributed by atoms with Gasteiger partial charge in [-0.3, -0.25) is 4.79 Å². The van der Waals surface area contributed by atoms with Crippen LogP contribution in [-0.4, -0.2) is 41.8 Å². The van der Waals surface area contributed by atoms with E-state index in [1.54, 1.807) is 30.5 Å². The second-order valence-electron chi connectivity index (χ2n) is 10.2. The molecule has 1 aromatic heterocycles. The van der Waals surface area contributed by atoms with Gasteiger partial charge in [0.15, 0.2) is 9.84 Å². The number of amides is 1. The first-order chi connectivity index (χ1) is 20.8. The molecule has 0 bridgehead atoms. The highest BCUT2D eigenvalue weighted by Gasteiger charge is 2.39. The summed E-state index contributed by atoms with van der Waals surface area (Å²) in [7, 11) is -3.38. The van der Waals surface area contributed by atoms with Gasteiger partial charge in [0.2, 0.25) is 5.91 Å². The van der Waals surface area contributed by atoms with Gasteiger partial charge < -0.3 is 21.5 Å². The first-order valence-corrected chi connectivity index (χ1v) is 15.2. The van der Waals surface area contributed by atoms with Crippen LogP contribution < -0.4 is 16.4 Å². The Kier molecular flexibility index (Phi) is 9.78. The number of carboxylic acids is 1. The lowest BCUT2D eigenvalue weighted by Crippen LogP contribution is -2.33. The number of sulfone groups is 1. The van der Waals surface area contributed by atoms with Crippen LogP contribution in [0.4, 0.5) is 24.7 Å².